The zero-order valence-corrected chi connectivity index (χ0v) is 15.0. The molecule has 0 spiro atoms. The van der Waals surface area contributed by atoms with Gasteiger partial charge < -0.3 is 0 Å². The molecule has 1 aliphatic carbocycles. The Balaban J connectivity index is 1.76. The van der Waals surface area contributed by atoms with Gasteiger partial charge in [0, 0.05) is 17.2 Å². The van der Waals surface area contributed by atoms with Gasteiger partial charge in [0.05, 0.1) is 5.69 Å². The molecule has 1 heteroatoms. The first-order chi connectivity index (χ1) is 11.3. The highest BCUT2D eigenvalue weighted by Crippen LogP contribution is 2.49. The monoisotopic (exact) mass is 310 g/mol. The minimum Gasteiger partial charge on any atom is -0.252 e. The number of allylic oxidation sites excluding steroid dienone is 2. The van der Waals surface area contributed by atoms with E-state index in [0.29, 0.717) is 0 Å². The van der Waals surface area contributed by atoms with Crippen molar-refractivity contribution in [2.24, 2.45) is 11.8 Å². The average molecular weight is 311 g/mol. The second-order valence-electron chi connectivity index (χ2n) is 7.39. The SMILES string of the molecule is CCCCCC1CCC2=C([N]c3ccccc32)C1CCCCC. The molecule has 0 fully saturated rings. The normalized spacial score (nSPS) is 22.7. The predicted octanol–water partition coefficient (Wildman–Crippen LogP) is 6.83. The summed E-state index contributed by atoms with van der Waals surface area (Å²) in [5.74, 6) is 1.59. The van der Waals surface area contributed by atoms with Crippen LogP contribution in [0.5, 0.6) is 0 Å². The van der Waals surface area contributed by atoms with Crippen molar-refractivity contribution in [3.8, 4) is 0 Å². The summed E-state index contributed by atoms with van der Waals surface area (Å²) in [6.45, 7) is 4.61. The molecule has 2 unspecified atom stereocenters. The molecule has 1 aliphatic heterocycles. The van der Waals surface area contributed by atoms with Crippen LogP contribution in [-0.2, 0) is 0 Å². The summed E-state index contributed by atoms with van der Waals surface area (Å²) in [7, 11) is 0. The molecule has 1 heterocycles. The van der Waals surface area contributed by atoms with Gasteiger partial charge in [-0.05, 0) is 43.2 Å². The minimum absolute atomic E-state index is 0.717. The van der Waals surface area contributed by atoms with Gasteiger partial charge in [-0.3, -0.25) is 5.32 Å². The van der Waals surface area contributed by atoms with Gasteiger partial charge >= 0.3 is 0 Å². The van der Waals surface area contributed by atoms with Crippen LogP contribution in [0.3, 0.4) is 0 Å². The summed E-state index contributed by atoms with van der Waals surface area (Å²) in [5.41, 5.74) is 5.70. The van der Waals surface area contributed by atoms with E-state index in [2.05, 4.69) is 38.1 Å². The molecule has 125 valence electrons. The Labute approximate surface area is 142 Å². The van der Waals surface area contributed by atoms with Crippen LogP contribution in [0.1, 0.15) is 83.6 Å². The molecular formula is C22H32N. The molecule has 0 bridgehead atoms. The molecule has 0 amide bonds. The van der Waals surface area contributed by atoms with Gasteiger partial charge in [0.1, 0.15) is 0 Å². The summed E-state index contributed by atoms with van der Waals surface area (Å²) < 4.78 is 0. The van der Waals surface area contributed by atoms with Gasteiger partial charge in [-0.15, -0.1) is 0 Å². The molecule has 3 rings (SSSR count). The van der Waals surface area contributed by atoms with Crippen LogP contribution >= 0.6 is 0 Å². The lowest BCUT2D eigenvalue weighted by Crippen LogP contribution is -2.24. The van der Waals surface area contributed by atoms with Crippen LogP contribution in [0.2, 0.25) is 0 Å². The summed E-state index contributed by atoms with van der Waals surface area (Å²) >= 11 is 0. The van der Waals surface area contributed by atoms with Crippen LogP contribution in [0, 0.1) is 11.8 Å². The Morgan fingerprint density at radius 3 is 2.48 bits per heavy atom. The van der Waals surface area contributed by atoms with Gasteiger partial charge in [-0.25, -0.2) is 0 Å². The largest absolute Gasteiger partial charge is 0.252 e. The van der Waals surface area contributed by atoms with Gasteiger partial charge in [0.2, 0.25) is 0 Å². The summed E-state index contributed by atoms with van der Waals surface area (Å²) in [6, 6.07) is 8.78. The van der Waals surface area contributed by atoms with Gasteiger partial charge in [0.15, 0.2) is 0 Å². The van der Waals surface area contributed by atoms with Crippen molar-refractivity contribution in [2.75, 3.05) is 0 Å². The Bertz CT molecular complexity index is 543. The van der Waals surface area contributed by atoms with Crippen LogP contribution in [0.15, 0.2) is 30.0 Å². The minimum atomic E-state index is 0.717. The fourth-order valence-electron chi connectivity index (χ4n) is 4.47. The number of hydrogen-bond donors (Lipinski definition) is 0. The zero-order chi connectivity index (χ0) is 16.1. The van der Waals surface area contributed by atoms with Crippen LogP contribution in [0.4, 0.5) is 5.69 Å². The van der Waals surface area contributed by atoms with Crippen molar-refractivity contribution in [3.63, 3.8) is 0 Å². The topological polar surface area (TPSA) is 14.1 Å². The lowest BCUT2D eigenvalue weighted by Gasteiger charge is -2.33. The fourth-order valence-corrected chi connectivity index (χ4v) is 4.47. The third-order valence-corrected chi connectivity index (χ3v) is 5.76. The Morgan fingerprint density at radius 1 is 0.957 bits per heavy atom. The third-order valence-electron chi connectivity index (χ3n) is 5.76. The van der Waals surface area contributed by atoms with Crippen molar-refractivity contribution in [2.45, 2.75) is 78.1 Å². The Hall–Kier alpha value is -1.24. The van der Waals surface area contributed by atoms with Gasteiger partial charge in [-0.2, -0.15) is 0 Å². The highest BCUT2D eigenvalue weighted by Gasteiger charge is 2.36. The van der Waals surface area contributed by atoms with E-state index in [1.165, 1.54) is 81.2 Å². The quantitative estimate of drug-likeness (QED) is 0.467. The summed E-state index contributed by atoms with van der Waals surface area (Å²) in [6.07, 6.45) is 13.6. The highest BCUT2D eigenvalue weighted by atomic mass is 14.9. The second kappa shape index (κ2) is 8.04. The lowest BCUT2D eigenvalue weighted by molar-refractivity contribution is 0.285. The maximum absolute atomic E-state index is 5.09. The van der Waals surface area contributed by atoms with Crippen molar-refractivity contribution < 1.29 is 0 Å². The van der Waals surface area contributed by atoms with E-state index in [-0.39, 0.29) is 0 Å². The van der Waals surface area contributed by atoms with Crippen LogP contribution in [-0.4, -0.2) is 0 Å². The second-order valence-corrected chi connectivity index (χ2v) is 7.39. The first-order valence-electron chi connectivity index (χ1n) is 9.89. The molecule has 2 aliphatic rings. The smallest absolute Gasteiger partial charge is 0.0708 e. The van der Waals surface area contributed by atoms with E-state index in [1.54, 1.807) is 5.57 Å². The number of nitrogens with zero attached hydrogens (tertiary/aromatic N) is 1. The van der Waals surface area contributed by atoms with E-state index < -0.39 is 0 Å². The molecule has 0 saturated carbocycles. The van der Waals surface area contributed by atoms with E-state index in [0.717, 1.165) is 11.8 Å². The van der Waals surface area contributed by atoms with E-state index in [4.69, 9.17) is 5.32 Å². The summed E-state index contributed by atoms with van der Waals surface area (Å²) in [4.78, 5) is 0. The molecule has 23 heavy (non-hydrogen) atoms. The number of unbranched alkanes of at least 4 members (excludes halogenated alkanes) is 4. The molecule has 0 aromatic heterocycles. The molecule has 0 N–H and O–H groups in total. The molecule has 2 atom stereocenters. The van der Waals surface area contributed by atoms with E-state index in [9.17, 15) is 0 Å². The Morgan fingerprint density at radius 2 is 1.70 bits per heavy atom. The molecule has 1 aromatic rings. The number of benzene rings is 1. The van der Waals surface area contributed by atoms with Crippen molar-refractivity contribution in [3.05, 3.63) is 35.5 Å². The summed E-state index contributed by atoms with van der Waals surface area (Å²) in [5, 5.41) is 5.09. The number of hydrogen-bond acceptors (Lipinski definition) is 0. The van der Waals surface area contributed by atoms with Crippen LogP contribution in [0.25, 0.3) is 5.57 Å². The standard InChI is InChI=1S/C22H32N/c1-3-5-7-11-17-15-16-20-19-13-9-10-14-21(19)23-22(20)18(17)12-8-6-4-2/h9-10,13-14,17-18H,3-8,11-12,15-16H2,1-2H3. The number of rotatable bonds is 8. The van der Waals surface area contributed by atoms with Crippen molar-refractivity contribution in [1.29, 1.82) is 0 Å². The predicted molar refractivity (Wildman–Crippen MR) is 99.7 cm³/mol. The fraction of sp³-hybridized carbons (Fsp3) is 0.636. The van der Waals surface area contributed by atoms with Gasteiger partial charge in [0.25, 0.3) is 0 Å². The maximum atomic E-state index is 5.09. The molecule has 0 saturated heterocycles. The first-order valence-corrected chi connectivity index (χ1v) is 9.89. The van der Waals surface area contributed by atoms with Crippen molar-refractivity contribution in [1.82, 2.24) is 5.32 Å². The van der Waals surface area contributed by atoms with Gasteiger partial charge in [-0.1, -0.05) is 70.6 Å². The Kier molecular flexibility index (Phi) is 5.80. The lowest BCUT2D eigenvalue weighted by atomic mass is 9.73. The molecule has 1 nitrogen and oxygen atoms in total. The zero-order valence-electron chi connectivity index (χ0n) is 15.0. The molecular weight excluding hydrogens is 278 g/mol. The number of fused-ring (bicyclic) bond motifs is 2. The number of para-hydroxylation sites is 1. The highest BCUT2D eigenvalue weighted by molar-refractivity contribution is 5.82. The molecule has 1 radical (unpaired) electrons. The van der Waals surface area contributed by atoms with Crippen molar-refractivity contribution >= 4 is 11.3 Å². The van der Waals surface area contributed by atoms with E-state index in [1.807, 2.05) is 0 Å². The third kappa shape index (κ3) is 3.65. The average Bonchev–Trinajstić information content (AvgIpc) is 2.95. The molecule has 1 aromatic carbocycles. The first kappa shape index (κ1) is 16.6. The maximum Gasteiger partial charge on any atom is 0.0708 e. The van der Waals surface area contributed by atoms with E-state index >= 15 is 0 Å². The van der Waals surface area contributed by atoms with Crippen LogP contribution < -0.4 is 5.32 Å².